The predicted octanol–water partition coefficient (Wildman–Crippen LogP) is 4.12. The van der Waals surface area contributed by atoms with Crippen LogP contribution < -0.4 is 5.56 Å². The van der Waals surface area contributed by atoms with Crippen molar-refractivity contribution >= 4 is 22.7 Å². The van der Waals surface area contributed by atoms with Crippen molar-refractivity contribution in [1.82, 2.24) is 9.55 Å². The molecule has 4 aliphatic carbocycles. The van der Waals surface area contributed by atoms with E-state index in [1.165, 1.54) is 38.5 Å². The van der Waals surface area contributed by atoms with Gasteiger partial charge in [0, 0.05) is 4.75 Å². The van der Waals surface area contributed by atoms with Crippen LogP contribution in [0.3, 0.4) is 0 Å². The van der Waals surface area contributed by atoms with Gasteiger partial charge in [-0.2, -0.15) is 5.26 Å². The van der Waals surface area contributed by atoms with Crippen molar-refractivity contribution in [2.24, 2.45) is 17.8 Å². The van der Waals surface area contributed by atoms with Gasteiger partial charge in [0.2, 0.25) is 0 Å². The topological polar surface area (TPSA) is 58.7 Å². The standard InChI is InChI=1S/C21H23N3OS/c22-5-6-24-19(23-18-4-2-1-3-17(18)20(24)25)13-26-21-10-14-7-15(11-21)9-16(8-14)12-21/h1-4,14-16H,6-13H2. The Morgan fingerprint density at radius 1 is 1.15 bits per heavy atom. The van der Waals surface area contributed by atoms with E-state index in [-0.39, 0.29) is 12.1 Å². The molecule has 4 fully saturated rings. The highest BCUT2D eigenvalue weighted by Gasteiger charge is 2.51. The van der Waals surface area contributed by atoms with E-state index in [0.29, 0.717) is 10.1 Å². The Balaban J connectivity index is 1.47. The van der Waals surface area contributed by atoms with Gasteiger partial charge in [0.25, 0.3) is 5.56 Å². The highest BCUT2D eigenvalue weighted by Crippen LogP contribution is 2.60. The summed E-state index contributed by atoms with van der Waals surface area (Å²) in [5.41, 5.74) is 0.658. The third-order valence-corrected chi connectivity index (χ3v) is 8.17. The molecular formula is C21H23N3OS. The zero-order valence-electron chi connectivity index (χ0n) is 14.9. The summed E-state index contributed by atoms with van der Waals surface area (Å²) in [5, 5.41) is 9.80. The van der Waals surface area contributed by atoms with Crippen LogP contribution in [0.2, 0.25) is 0 Å². The molecule has 26 heavy (non-hydrogen) atoms. The lowest BCUT2D eigenvalue weighted by molar-refractivity contribution is 0.0383. The molecule has 0 N–H and O–H groups in total. The molecule has 4 bridgehead atoms. The number of benzene rings is 1. The molecule has 134 valence electrons. The molecule has 0 atom stereocenters. The van der Waals surface area contributed by atoms with Crippen molar-refractivity contribution < 1.29 is 0 Å². The van der Waals surface area contributed by atoms with Crippen LogP contribution in [0.4, 0.5) is 0 Å². The van der Waals surface area contributed by atoms with E-state index >= 15 is 0 Å². The fourth-order valence-electron chi connectivity index (χ4n) is 5.98. The third-order valence-electron chi connectivity index (χ3n) is 6.66. The molecule has 0 amide bonds. The zero-order chi connectivity index (χ0) is 17.7. The summed E-state index contributed by atoms with van der Waals surface area (Å²) in [6, 6.07) is 9.60. The van der Waals surface area contributed by atoms with Gasteiger partial charge in [0.15, 0.2) is 0 Å². The molecular weight excluding hydrogens is 342 g/mol. The fraction of sp³-hybridized carbons (Fsp3) is 0.571. The molecule has 4 nitrogen and oxygen atoms in total. The normalized spacial score (nSPS) is 32.0. The van der Waals surface area contributed by atoms with Crippen LogP contribution in [-0.2, 0) is 12.3 Å². The Morgan fingerprint density at radius 3 is 2.46 bits per heavy atom. The van der Waals surface area contributed by atoms with Crippen molar-refractivity contribution in [1.29, 1.82) is 5.26 Å². The average molecular weight is 366 g/mol. The number of nitrogens with zero attached hydrogens (tertiary/aromatic N) is 3. The molecule has 5 heteroatoms. The van der Waals surface area contributed by atoms with Crippen LogP contribution >= 0.6 is 11.8 Å². The van der Waals surface area contributed by atoms with Gasteiger partial charge in [0.1, 0.15) is 12.4 Å². The molecule has 0 aliphatic heterocycles. The molecule has 1 aromatic heterocycles. The first-order valence-corrected chi connectivity index (χ1v) is 10.6. The molecule has 0 spiro atoms. The number of para-hydroxylation sites is 1. The van der Waals surface area contributed by atoms with Gasteiger partial charge in [-0.1, -0.05) is 12.1 Å². The Kier molecular flexibility index (Phi) is 3.86. The van der Waals surface area contributed by atoms with Crippen molar-refractivity contribution in [3.8, 4) is 6.07 Å². The summed E-state index contributed by atoms with van der Waals surface area (Å²) in [6.07, 6.45) is 8.31. The van der Waals surface area contributed by atoms with Crippen molar-refractivity contribution in [2.75, 3.05) is 0 Å². The van der Waals surface area contributed by atoms with E-state index in [9.17, 15) is 10.1 Å². The maximum atomic E-state index is 12.8. The quantitative estimate of drug-likeness (QED) is 0.818. The highest BCUT2D eigenvalue weighted by atomic mass is 32.2. The number of nitriles is 1. The van der Waals surface area contributed by atoms with Gasteiger partial charge in [-0.05, 0) is 68.4 Å². The number of thioether (sulfide) groups is 1. The summed E-state index contributed by atoms with van der Waals surface area (Å²) in [5.74, 6) is 4.24. The summed E-state index contributed by atoms with van der Waals surface area (Å²) < 4.78 is 1.96. The molecule has 0 saturated heterocycles. The number of hydrogen-bond donors (Lipinski definition) is 0. The van der Waals surface area contributed by atoms with Crippen molar-refractivity contribution in [3.63, 3.8) is 0 Å². The summed E-state index contributed by atoms with van der Waals surface area (Å²) in [6.45, 7) is 0.0768. The number of fused-ring (bicyclic) bond motifs is 1. The first-order chi connectivity index (χ1) is 12.7. The van der Waals surface area contributed by atoms with E-state index in [4.69, 9.17) is 4.98 Å². The van der Waals surface area contributed by atoms with Crippen LogP contribution in [0, 0.1) is 29.1 Å². The van der Waals surface area contributed by atoms with Gasteiger partial charge >= 0.3 is 0 Å². The maximum absolute atomic E-state index is 12.8. The van der Waals surface area contributed by atoms with E-state index in [1.807, 2.05) is 30.0 Å². The Labute approximate surface area is 157 Å². The minimum Gasteiger partial charge on any atom is -0.281 e. The Morgan fingerprint density at radius 2 is 1.81 bits per heavy atom. The molecule has 1 heterocycles. The molecule has 0 unspecified atom stereocenters. The minimum atomic E-state index is -0.0849. The average Bonchev–Trinajstić information content (AvgIpc) is 2.62. The van der Waals surface area contributed by atoms with Crippen LogP contribution in [0.25, 0.3) is 10.9 Å². The van der Waals surface area contributed by atoms with Crippen molar-refractivity contribution in [3.05, 3.63) is 40.4 Å². The van der Waals surface area contributed by atoms with Gasteiger partial charge in [0.05, 0.1) is 22.7 Å². The Hall–Kier alpha value is -1.80. The number of rotatable bonds is 4. The minimum absolute atomic E-state index is 0.0768. The van der Waals surface area contributed by atoms with Crippen LogP contribution in [0.1, 0.15) is 44.3 Å². The van der Waals surface area contributed by atoms with E-state index in [0.717, 1.165) is 34.8 Å². The first kappa shape index (κ1) is 16.4. The first-order valence-electron chi connectivity index (χ1n) is 9.65. The van der Waals surface area contributed by atoms with Crippen molar-refractivity contribution in [2.45, 2.75) is 55.6 Å². The maximum Gasteiger partial charge on any atom is 0.262 e. The van der Waals surface area contributed by atoms with E-state index in [1.54, 1.807) is 10.6 Å². The molecule has 0 radical (unpaired) electrons. The van der Waals surface area contributed by atoms with Crippen LogP contribution in [-0.4, -0.2) is 14.3 Å². The second kappa shape index (κ2) is 6.13. The molecule has 2 aromatic rings. The zero-order valence-corrected chi connectivity index (χ0v) is 15.7. The van der Waals surface area contributed by atoms with Crippen LogP contribution in [0.5, 0.6) is 0 Å². The van der Waals surface area contributed by atoms with Crippen LogP contribution in [0.15, 0.2) is 29.1 Å². The van der Waals surface area contributed by atoms with E-state index in [2.05, 4.69) is 6.07 Å². The molecule has 4 aliphatic rings. The van der Waals surface area contributed by atoms with Gasteiger partial charge in [-0.3, -0.25) is 9.36 Å². The second-order valence-electron chi connectivity index (χ2n) is 8.48. The summed E-state index contributed by atoms with van der Waals surface area (Å²) in [7, 11) is 0. The smallest absolute Gasteiger partial charge is 0.262 e. The summed E-state index contributed by atoms with van der Waals surface area (Å²) >= 11 is 2.01. The lowest BCUT2D eigenvalue weighted by Crippen LogP contribution is -2.48. The highest BCUT2D eigenvalue weighted by molar-refractivity contribution is 7.99. The molecule has 1 aromatic carbocycles. The fourth-order valence-corrected chi connectivity index (χ4v) is 7.70. The molecule has 4 saturated carbocycles. The number of hydrogen-bond acceptors (Lipinski definition) is 4. The molecule has 6 rings (SSSR count). The lowest BCUT2D eigenvalue weighted by Gasteiger charge is -2.56. The van der Waals surface area contributed by atoms with Gasteiger partial charge in [-0.25, -0.2) is 4.98 Å². The van der Waals surface area contributed by atoms with E-state index < -0.39 is 0 Å². The third kappa shape index (κ3) is 2.66. The second-order valence-corrected chi connectivity index (χ2v) is 9.93. The lowest BCUT2D eigenvalue weighted by atomic mass is 9.56. The summed E-state index contributed by atoms with van der Waals surface area (Å²) in [4.78, 5) is 17.6. The van der Waals surface area contributed by atoms with Gasteiger partial charge in [-0.15, -0.1) is 11.8 Å². The van der Waals surface area contributed by atoms with Gasteiger partial charge < -0.3 is 0 Å². The predicted molar refractivity (Wildman–Crippen MR) is 104 cm³/mol. The number of aromatic nitrogens is 2. The SMILES string of the molecule is N#CCn1c(CSC23CC4CC(CC(C4)C2)C3)nc2ccccc2c1=O. The Bertz CT molecular complexity index is 923. The monoisotopic (exact) mass is 365 g/mol. The largest absolute Gasteiger partial charge is 0.281 e.